The van der Waals surface area contributed by atoms with Crippen LogP contribution in [0.5, 0.6) is 0 Å². The van der Waals surface area contributed by atoms with Gasteiger partial charge < -0.3 is 10.6 Å². The van der Waals surface area contributed by atoms with E-state index in [1.807, 2.05) is 0 Å². The van der Waals surface area contributed by atoms with Crippen molar-refractivity contribution in [2.75, 3.05) is 43.1 Å². The van der Waals surface area contributed by atoms with Crippen molar-refractivity contribution < 1.29 is 0 Å². The van der Waals surface area contributed by atoms with Crippen molar-refractivity contribution in [3.8, 4) is 0 Å². The number of anilines is 2. The van der Waals surface area contributed by atoms with E-state index in [0.717, 1.165) is 19.1 Å². The Morgan fingerprint density at radius 3 is 2.79 bits per heavy atom. The van der Waals surface area contributed by atoms with E-state index < -0.39 is 0 Å². The van der Waals surface area contributed by atoms with E-state index in [0.29, 0.717) is 5.82 Å². The molecule has 2 saturated heterocycles. The Bertz CT molecular complexity index is 428. The molecule has 2 fully saturated rings. The molecule has 0 aliphatic carbocycles. The summed E-state index contributed by atoms with van der Waals surface area (Å²) in [5.74, 6) is 0.703. The number of hydrogen-bond donors (Lipinski definition) is 1. The Morgan fingerprint density at radius 2 is 2.05 bits per heavy atom. The quantitative estimate of drug-likeness (QED) is 0.869. The molecule has 0 saturated carbocycles. The Kier molecular flexibility index (Phi) is 4.19. The lowest BCUT2D eigenvalue weighted by molar-refractivity contribution is 0.175. The molecule has 2 N–H and O–H groups in total. The van der Waals surface area contributed by atoms with E-state index in [1.165, 1.54) is 48.7 Å². The topological polar surface area (TPSA) is 45.4 Å². The first kappa shape index (κ1) is 13.5. The number of nitrogens with two attached hydrogens (primary N) is 1. The summed E-state index contributed by atoms with van der Waals surface area (Å²) in [6.45, 7) is 4.88. The van der Waals surface area contributed by atoms with Crippen LogP contribution in [0.3, 0.4) is 0 Å². The molecule has 6 heteroatoms. The fraction of sp³-hybridized carbons (Fsp3) is 0.769. The van der Waals surface area contributed by atoms with Gasteiger partial charge in [-0.25, -0.2) is 0 Å². The molecule has 3 rings (SSSR count). The predicted octanol–water partition coefficient (Wildman–Crippen LogP) is 2.51. The molecule has 0 amide bonds. The highest BCUT2D eigenvalue weighted by atomic mass is 32.2. The Morgan fingerprint density at radius 1 is 1.26 bits per heavy atom. The second-order valence-electron chi connectivity index (χ2n) is 5.39. The molecule has 106 valence electrons. The molecule has 3 heterocycles. The van der Waals surface area contributed by atoms with Crippen LogP contribution < -0.4 is 10.6 Å². The zero-order valence-electron chi connectivity index (χ0n) is 11.5. The molecule has 19 heavy (non-hydrogen) atoms. The maximum Gasteiger partial charge on any atom is 0.153 e. The van der Waals surface area contributed by atoms with Crippen LogP contribution in [0.1, 0.15) is 25.7 Å². The normalized spacial score (nSPS) is 25.1. The number of nitrogens with zero attached hydrogens (tertiary/aromatic N) is 3. The SMILES string of the molecule is CSc1c(N)nsc1N1CCC(N2CCCCC2)C1. The molecule has 4 nitrogen and oxygen atoms in total. The van der Waals surface area contributed by atoms with Crippen molar-refractivity contribution in [3.05, 3.63) is 0 Å². The van der Waals surface area contributed by atoms with Crippen molar-refractivity contribution in [2.24, 2.45) is 0 Å². The van der Waals surface area contributed by atoms with Crippen molar-refractivity contribution in [1.29, 1.82) is 0 Å². The summed E-state index contributed by atoms with van der Waals surface area (Å²) in [6.07, 6.45) is 7.53. The molecule has 0 spiro atoms. The van der Waals surface area contributed by atoms with Gasteiger partial charge in [-0.1, -0.05) is 6.42 Å². The lowest BCUT2D eigenvalue weighted by Gasteiger charge is -2.32. The number of likely N-dealkylation sites (tertiary alicyclic amines) is 1. The van der Waals surface area contributed by atoms with Gasteiger partial charge in [0.25, 0.3) is 0 Å². The van der Waals surface area contributed by atoms with Crippen LogP contribution in [0, 0.1) is 0 Å². The second kappa shape index (κ2) is 5.89. The third-order valence-corrected chi connectivity index (χ3v) is 6.08. The van der Waals surface area contributed by atoms with Crippen molar-refractivity contribution >= 4 is 34.1 Å². The molecule has 0 aromatic carbocycles. The summed E-state index contributed by atoms with van der Waals surface area (Å²) < 4.78 is 4.31. The van der Waals surface area contributed by atoms with Crippen molar-refractivity contribution in [1.82, 2.24) is 9.27 Å². The van der Waals surface area contributed by atoms with E-state index in [4.69, 9.17) is 5.73 Å². The van der Waals surface area contributed by atoms with E-state index in [-0.39, 0.29) is 0 Å². The summed E-state index contributed by atoms with van der Waals surface area (Å²) in [6, 6.07) is 0.735. The van der Waals surface area contributed by atoms with Crippen LogP contribution in [0.15, 0.2) is 4.90 Å². The Labute approximate surface area is 123 Å². The van der Waals surface area contributed by atoms with Gasteiger partial charge in [0.05, 0.1) is 4.90 Å². The van der Waals surface area contributed by atoms with Crippen LogP contribution >= 0.6 is 23.3 Å². The van der Waals surface area contributed by atoms with Crippen LogP contribution in [0.25, 0.3) is 0 Å². The van der Waals surface area contributed by atoms with Crippen LogP contribution in [-0.2, 0) is 0 Å². The number of hydrogen-bond acceptors (Lipinski definition) is 6. The minimum absolute atomic E-state index is 0.703. The number of thioether (sulfide) groups is 1. The minimum Gasteiger partial charge on any atom is -0.382 e. The highest BCUT2D eigenvalue weighted by Crippen LogP contribution is 2.39. The molecule has 1 unspecified atom stereocenters. The fourth-order valence-corrected chi connectivity index (χ4v) is 4.91. The standard InChI is InChI=1S/C13H22N4S2/c1-18-11-12(14)15-19-13(11)17-8-5-10(9-17)16-6-3-2-4-7-16/h10H,2-9H2,1H3,(H2,14,15). The summed E-state index contributed by atoms with van der Waals surface area (Å²) in [5, 5.41) is 1.28. The fourth-order valence-electron chi connectivity index (χ4n) is 3.19. The molecule has 2 aliphatic rings. The van der Waals surface area contributed by atoms with Gasteiger partial charge >= 0.3 is 0 Å². The largest absolute Gasteiger partial charge is 0.382 e. The average molecular weight is 298 g/mol. The first-order valence-corrected chi connectivity index (χ1v) is 9.07. The van der Waals surface area contributed by atoms with E-state index in [1.54, 1.807) is 23.3 Å². The van der Waals surface area contributed by atoms with Gasteiger partial charge in [0, 0.05) is 19.1 Å². The van der Waals surface area contributed by atoms with E-state index in [2.05, 4.69) is 20.4 Å². The smallest absolute Gasteiger partial charge is 0.153 e. The van der Waals surface area contributed by atoms with Gasteiger partial charge in [0.2, 0.25) is 0 Å². The van der Waals surface area contributed by atoms with E-state index in [9.17, 15) is 0 Å². The van der Waals surface area contributed by atoms with Crippen LogP contribution in [0.2, 0.25) is 0 Å². The third kappa shape index (κ3) is 2.71. The predicted molar refractivity (Wildman–Crippen MR) is 84.3 cm³/mol. The van der Waals surface area contributed by atoms with Gasteiger partial charge in [0.1, 0.15) is 5.00 Å². The Hall–Kier alpha value is -0.460. The van der Waals surface area contributed by atoms with E-state index >= 15 is 0 Å². The van der Waals surface area contributed by atoms with Gasteiger partial charge in [-0.15, -0.1) is 11.8 Å². The average Bonchev–Trinajstić information content (AvgIpc) is 3.06. The molecule has 1 atom stereocenters. The Balaban J connectivity index is 1.67. The monoisotopic (exact) mass is 298 g/mol. The summed E-state index contributed by atoms with van der Waals surface area (Å²) in [5.41, 5.74) is 5.94. The van der Waals surface area contributed by atoms with Gasteiger partial charge in [-0.2, -0.15) is 4.37 Å². The maximum atomic E-state index is 5.94. The zero-order valence-corrected chi connectivity index (χ0v) is 13.1. The molecule has 0 radical (unpaired) electrons. The zero-order chi connectivity index (χ0) is 13.2. The highest BCUT2D eigenvalue weighted by Gasteiger charge is 2.30. The highest BCUT2D eigenvalue weighted by molar-refractivity contribution is 7.99. The van der Waals surface area contributed by atoms with Gasteiger partial charge in [0.15, 0.2) is 5.82 Å². The minimum atomic E-state index is 0.703. The summed E-state index contributed by atoms with van der Waals surface area (Å²) in [4.78, 5) is 6.34. The molecule has 2 aliphatic heterocycles. The van der Waals surface area contributed by atoms with Crippen LogP contribution in [0.4, 0.5) is 10.8 Å². The van der Waals surface area contributed by atoms with Crippen molar-refractivity contribution in [3.63, 3.8) is 0 Å². The molecule has 1 aromatic heterocycles. The van der Waals surface area contributed by atoms with Gasteiger partial charge in [-0.3, -0.25) is 4.90 Å². The first-order valence-electron chi connectivity index (χ1n) is 7.07. The molecular weight excluding hydrogens is 276 g/mol. The summed E-state index contributed by atoms with van der Waals surface area (Å²) >= 11 is 3.28. The maximum absolute atomic E-state index is 5.94. The number of rotatable bonds is 3. The lowest BCUT2D eigenvalue weighted by Crippen LogP contribution is -2.40. The molecule has 0 bridgehead atoms. The first-order chi connectivity index (χ1) is 9.29. The lowest BCUT2D eigenvalue weighted by atomic mass is 10.1. The van der Waals surface area contributed by atoms with Crippen molar-refractivity contribution in [2.45, 2.75) is 36.6 Å². The molecule has 1 aromatic rings. The second-order valence-corrected chi connectivity index (χ2v) is 6.96. The number of aromatic nitrogens is 1. The summed E-state index contributed by atoms with van der Waals surface area (Å²) in [7, 11) is 0. The molecular formula is C13H22N4S2. The number of piperidine rings is 1. The number of nitrogen functional groups attached to an aromatic ring is 1. The third-order valence-electron chi connectivity index (χ3n) is 4.22. The van der Waals surface area contributed by atoms with Gasteiger partial charge in [-0.05, 0) is 50.1 Å². The van der Waals surface area contributed by atoms with Crippen LogP contribution in [-0.4, -0.2) is 47.8 Å².